The van der Waals surface area contributed by atoms with Crippen LogP contribution < -0.4 is 33.2 Å². The van der Waals surface area contributed by atoms with Gasteiger partial charge in [-0.3, -0.25) is 14.6 Å². The molecule has 3 saturated carbocycles. The number of aliphatic hydroxyl groups excluding tert-OH is 4. The maximum atomic E-state index is 14.8. The zero-order valence-corrected chi connectivity index (χ0v) is 32.7. The minimum Gasteiger partial charge on any atom is -0.392 e. The van der Waals surface area contributed by atoms with Gasteiger partial charge in [-0.15, -0.1) is 0 Å². The molecule has 18 heteroatoms. The molecular formula is C38H67N7O11. The summed E-state index contributed by atoms with van der Waals surface area (Å²) >= 11 is 0. The Morgan fingerprint density at radius 2 is 1.68 bits per heavy atom. The Kier molecular flexibility index (Phi) is 14.2. The summed E-state index contributed by atoms with van der Waals surface area (Å²) in [5.41, 5.74) is 15.6. The molecule has 3 aliphatic carbocycles. The highest BCUT2D eigenvalue weighted by molar-refractivity contribution is 6.00. The normalized spacial score (nSPS) is 47.6. The molecule has 0 spiro atoms. The Labute approximate surface area is 328 Å². The average Bonchev–Trinajstić information content (AvgIpc) is 3.19. The highest BCUT2D eigenvalue weighted by Gasteiger charge is 2.65. The number of aliphatic imine (C=N–C) groups is 1. The Bertz CT molecular complexity index is 1390. The molecule has 0 aromatic carbocycles. The number of rotatable bonds is 12. The number of hydrogen-bond acceptors (Lipinski definition) is 16. The fourth-order valence-electron chi connectivity index (χ4n) is 10.9. The van der Waals surface area contributed by atoms with Crippen molar-refractivity contribution in [3.05, 3.63) is 0 Å². The molecule has 6 rings (SSSR count). The second-order valence-electron chi connectivity index (χ2n) is 17.5. The number of carbonyl (C=O) groups excluding carboxylic acids is 2. The Balaban J connectivity index is 1.21. The van der Waals surface area contributed by atoms with Crippen LogP contribution in [0.1, 0.15) is 70.6 Å². The Hall–Kier alpha value is -1.91. The summed E-state index contributed by atoms with van der Waals surface area (Å²) < 4.78 is 17.8. The summed E-state index contributed by atoms with van der Waals surface area (Å²) in [7, 11) is 3.04. The van der Waals surface area contributed by atoms with Gasteiger partial charge in [-0.2, -0.15) is 0 Å². The number of hydrogen-bond donors (Lipinski definition) is 12. The largest absolute Gasteiger partial charge is 0.392 e. The number of ether oxygens (including phenoxy) is 3. The van der Waals surface area contributed by atoms with Crippen LogP contribution >= 0.6 is 0 Å². The lowest BCUT2D eigenvalue weighted by Crippen LogP contribution is -2.74. The monoisotopic (exact) mass is 797 g/mol. The number of Topliss-reactive ketones (excluding diaryl/α,β-unsaturated/α-hetero) is 2. The highest BCUT2D eigenvalue weighted by Crippen LogP contribution is 2.52. The van der Waals surface area contributed by atoms with Gasteiger partial charge in [0.15, 0.2) is 12.2 Å². The Morgan fingerprint density at radius 1 is 0.929 bits per heavy atom. The minimum absolute atomic E-state index is 0.0219. The lowest BCUT2D eigenvalue weighted by molar-refractivity contribution is -0.436. The number of aliphatic hydroxyl groups is 6. The van der Waals surface area contributed by atoms with Crippen molar-refractivity contribution in [1.82, 2.24) is 16.0 Å². The second kappa shape index (κ2) is 18.1. The number of ketones is 2. The van der Waals surface area contributed by atoms with E-state index < -0.39 is 84.4 Å². The number of nitrogens with two attached hydrogens (primary N) is 3. The zero-order chi connectivity index (χ0) is 40.5. The van der Waals surface area contributed by atoms with E-state index >= 15 is 0 Å². The Morgan fingerprint density at radius 3 is 2.34 bits per heavy atom. The lowest BCUT2D eigenvalue weighted by Gasteiger charge is -2.55. The van der Waals surface area contributed by atoms with Gasteiger partial charge >= 0.3 is 0 Å². The summed E-state index contributed by atoms with van der Waals surface area (Å²) in [6, 6.07) is 0. The first kappa shape index (κ1) is 43.7. The molecule has 0 aromatic heterocycles. The number of fused-ring (bicyclic) bond motifs is 2. The second-order valence-corrected chi connectivity index (χ2v) is 17.5. The van der Waals surface area contributed by atoms with Gasteiger partial charge < -0.3 is 78.0 Å². The zero-order valence-electron chi connectivity index (χ0n) is 32.7. The van der Waals surface area contributed by atoms with Gasteiger partial charge in [0.05, 0.1) is 42.5 Å². The fourth-order valence-corrected chi connectivity index (χ4v) is 10.9. The molecule has 320 valence electrons. The van der Waals surface area contributed by atoms with E-state index in [2.05, 4.69) is 20.9 Å². The van der Waals surface area contributed by atoms with Crippen molar-refractivity contribution in [1.29, 1.82) is 0 Å². The number of piperidine rings is 2. The SMILES string of the molecule is CN=C(N)NCC1C(CCC2CCC(N)NC2)CC2C(=O)C3CC(OC)CC(O[C@H]4O[C@](O)(CO)[C@](O)(CCC5CCNC(N)C5)[C@H](O)[C@H]4O)C3C(=O)C2C1O. The van der Waals surface area contributed by atoms with Gasteiger partial charge in [-0.1, -0.05) is 0 Å². The summed E-state index contributed by atoms with van der Waals surface area (Å²) in [6.07, 6.45) is -3.18. The van der Waals surface area contributed by atoms with Crippen molar-refractivity contribution in [3.63, 3.8) is 0 Å². The van der Waals surface area contributed by atoms with Crippen LogP contribution in [-0.4, -0.2) is 149 Å². The third-order valence-electron chi connectivity index (χ3n) is 14.3. The summed E-state index contributed by atoms with van der Waals surface area (Å²) in [4.78, 5) is 33.3. The van der Waals surface area contributed by atoms with Crippen LogP contribution in [-0.2, 0) is 23.8 Å². The van der Waals surface area contributed by atoms with Crippen LogP contribution in [0.5, 0.6) is 0 Å². The van der Waals surface area contributed by atoms with Gasteiger partial charge in [-0.05, 0) is 95.1 Å². The van der Waals surface area contributed by atoms with Crippen molar-refractivity contribution in [3.8, 4) is 0 Å². The van der Waals surface area contributed by atoms with Crippen LogP contribution in [0.4, 0.5) is 0 Å². The van der Waals surface area contributed by atoms with Crippen molar-refractivity contribution < 1.29 is 54.4 Å². The van der Waals surface area contributed by atoms with E-state index in [4.69, 9.17) is 31.4 Å². The molecule has 15 N–H and O–H groups in total. The summed E-state index contributed by atoms with van der Waals surface area (Å²) in [5, 5.41) is 78.0. The predicted octanol–water partition coefficient (Wildman–Crippen LogP) is -3.05. The third-order valence-corrected chi connectivity index (χ3v) is 14.3. The van der Waals surface area contributed by atoms with Gasteiger partial charge in [0.1, 0.15) is 36.0 Å². The van der Waals surface area contributed by atoms with Crippen LogP contribution in [0.15, 0.2) is 4.99 Å². The van der Waals surface area contributed by atoms with E-state index in [9.17, 15) is 40.2 Å². The molecule has 13 unspecified atom stereocenters. The summed E-state index contributed by atoms with van der Waals surface area (Å²) in [5.74, 6) is -6.77. The first-order valence-electron chi connectivity index (χ1n) is 20.6. The maximum Gasteiger partial charge on any atom is 0.224 e. The number of nitrogens with zero attached hydrogens (tertiary/aromatic N) is 1. The molecule has 56 heavy (non-hydrogen) atoms. The molecular weight excluding hydrogens is 730 g/mol. The van der Waals surface area contributed by atoms with Crippen LogP contribution in [0.3, 0.4) is 0 Å². The van der Waals surface area contributed by atoms with Crippen molar-refractivity contribution in [2.75, 3.05) is 40.4 Å². The lowest BCUT2D eigenvalue weighted by atomic mass is 9.53. The van der Waals surface area contributed by atoms with E-state index in [-0.39, 0.29) is 67.5 Å². The fraction of sp³-hybridized carbons (Fsp3) is 0.921. The van der Waals surface area contributed by atoms with E-state index in [0.717, 1.165) is 38.6 Å². The predicted molar refractivity (Wildman–Crippen MR) is 202 cm³/mol. The first-order chi connectivity index (χ1) is 26.6. The van der Waals surface area contributed by atoms with Gasteiger partial charge in [-0.25, -0.2) is 0 Å². The molecule has 18 nitrogen and oxygen atoms in total. The molecule has 3 heterocycles. The van der Waals surface area contributed by atoms with E-state index in [0.29, 0.717) is 31.7 Å². The number of methoxy groups -OCH3 is 1. The molecule has 3 saturated heterocycles. The third kappa shape index (κ3) is 8.69. The quantitative estimate of drug-likeness (QED) is 0.0689. The molecule has 6 aliphatic rings. The number of carbonyl (C=O) groups is 2. The smallest absolute Gasteiger partial charge is 0.224 e. The topological polar surface area (TPSA) is 310 Å². The van der Waals surface area contributed by atoms with Gasteiger partial charge in [0.25, 0.3) is 0 Å². The molecule has 0 bridgehead atoms. The minimum atomic E-state index is -2.75. The van der Waals surface area contributed by atoms with Crippen molar-refractivity contribution in [2.24, 2.45) is 69.5 Å². The number of nitrogens with one attached hydrogen (secondary N) is 3. The molecule has 0 aromatic rings. The van der Waals surface area contributed by atoms with Crippen LogP contribution in [0.25, 0.3) is 0 Å². The summed E-state index contributed by atoms with van der Waals surface area (Å²) in [6.45, 7) is 0.562. The molecule has 0 radical (unpaired) electrons. The number of guanidine groups is 1. The molecule has 6 fully saturated rings. The average molecular weight is 798 g/mol. The standard InChI is InChI=1S/C38H67N7O11/c1-42-36(41)45-16-24-20(5-3-19-4-6-26(39)44-15-19)12-22-29(31(24)48)32(49)28-23(30(22)47)13-21(54-2)14-25(28)55-35-33(50)34(51)37(52,38(53,17-46)56-35)9-7-18-8-10-43-27(40)11-18/h18-29,31,33-35,43-44,46,48,50-53H,3-17,39-40H2,1-2H3,(H3,41,42,45)/t18?,19?,20?,21?,22?,23?,24?,25?,26?,27?,28?,29?,31?,33-,34-,35+,37+,38-/m1/s1. The molecule has 18 atom stereocenters. The van der Waals surface area contributed by atoms with Crippen LogP contribution in [0, 0.1) is 47.3 Å². The van der Waals surface area contributed by atoms with Crippen molar-refractivity contribution in [2.45, 2.75) is 131 Å². The molecule has 3 aliphatic heterocycles. The van der Waals surface area contributed by atoms with Gasteiger partial charge in [0.2, 0.25) is 5.79 Å². The highest BCUT2D eigenvalue weighted by atomic mass is 16.8. The van der Waals surface area contributed by atoms with Crippen LogP contribution in [0.2, 0.25) is 0 Å². The van der Waals surface area contributed by atoms with E-state index in [1.165, 1.54) is 7.11 Å². The van der Waals surface area contributed by atoms with Gasteiger partial charge in [0, 0.05) is 44.9 Å². The molecule has 0 amide bonds. The van der Waals surface area contributed by atoms with Crippen molar-refractivity contribution >= 4 is 17.5 Å². The maximum absolute atomic E-state index is 14.8. The van der Waals surface area contributed by atoms with E-state index in [1.807, 2.05) is 0 Å². The first-order valence-corrected chi connectivity index (χ1v) is 20.6. The van der Waals surface area contributed by atoms with E-state index in [1.54, 1.807) is 7.05 Å².